The number of carbonyl (C=O) groups excluding carboxylic acids is 1. The van der Waals surface area contributed by atoms with Crippen LogP contribution in [-0.4, -0.2) is 51.5 Å². The van der Waals surface area contributed by atoms with Crippen molar-refractivity contribution >= 4 is 23.6 Å². The summed E-state index contributed by atoms with van der Waals surface area (Å²) < 4.78 is 21.1. The van der Waals surface area contributed by atoms with Crippen LogP contribution in [0.2, 0.25) is 0 Å². The fraction of sp³-hybridized carbons (Fsp3) is 0.458. The predicted molar refractivity (Wildman–Crippen MR) is 127 cm³/mol. The zero-order chi connectivity index (χ0) is 23.4. The number of nitrogens with zero attached hydrogens (tertiary/aromatic N) is 5. The van der Waals surface area contributed by atoms with Gasteiger partial charge in [0, 0.05) is 26.7 Å². The maximum atomic E-state index is 13.5. The molecular formula is C24H30FN5O2S. The van der Waals surface area contributed by atoms with Gasteiger partial charge in [0.1, 0.15) is 11.6 Å². The number of rotatable bonds is 8. The van der Waals surface area contributed by atoms with Gasteiger partial charge in [0.15, 0.2) is 5.16 Å². The number of hydrogen-bond acceptors (Lipinski definition) is 6. The highest BCUT2D eigenvalue weighted by Gasteiger charge is 2.27. The quantitative estimate of drug-likeness (QED) is 0.457. The van der Waals surface area contributed by atoms with Crippen LogP contribution in [0, 0.1) is 17.7 Å². The Bertz CT molecular complexity index is 1060. The number of amides is 1. The number of halogens is 1. The first-order chi connectivity index (χ1) is 15.9. The zero-order valence-corrected chi connectivity index (χ0v) is 20.1. The van der Waals surface area contributed by atoms with E-state index >= 15 is 0 Å². The summed E-state index contributed by atoms with van der Waals surface area (Å²) in [6.07, 6.45) is 2.86. The predicted octanol–water partition coefficient (Wildman–Crippen LogP) is 4.29. The Kier molecular flexibility index (Phi) is 7.37. The molecule has 0 saturated carbocycles. The van der Waals surface area contributed by atoms with Crippen LogP contribution in [0.1, 0.15) is 31.6 Å². The van der Waals surface area contributed by atoms with Crippen LogP contribution in [0.3, 0.4) is 0 Å². The molecule has 7 nitrogen and oxygen atoms in total. The number of furan rings is 1. The van der Waals surface area contributed by atoms with E-state index < -0.39 is 0 Å². The number of piperidine rings is 1. The molecule has 33 heavy (non-hydrogen) atoms. The van der Waals surface area contributed by atoms with Gasteiger partial charge >= 0.3 is 0 Å². The van der Waals surface area contributed by atoms with Crippen molar-refractivity contribution < 1.29 is 13.6 Å². The molecule has 2 unspecified atom stereocenters. The summed E-state index contributed by atoms with van der Waals surface area (Å²) in [5, 5.41) is 9.60. The lowest BCUT2D eigenvalue weighted by molar-refractivity contribution is -0.127. The Morgan fingerprint density at radius 2 is 2.00 bits per heavy atom. The van der Waals surface area contributed by atoms with Crippen LogP contribution in [0.5, 0.6) is 0 Å². The second-order valence-corrected chi connectivity index (χ2v) is 9.91. The molecule has 2 atom stereocenters. The molecule has 0 bridgehead atoms. The van der Waals surface area contributed by atoms with Crippen LogP contribution in [0.25, 0.3) is 0 Å². The molecule has 3 aromatic rings. The molecule has 1 amide bonds. The van der Waals surface area contributed by atoms with Crippen LogP contribution in [0.4, 0.5) is 10.3 Å². The summed E-state index contributed by atoms with van der Waals surface area (Å²) in [4.78, 5) is 16.6. The van der Waals surface area contributed by atoms with Crippen molar-refractivity contribution in [2.75, 3.05) is 30.8 Å². The Hall–Kier alpha value is -2.81. The highest BCUT2D eigenvalue weighted by Crippen LogP contribution is 2.29. The first kappa shape index (κ1) is 23.4. The standard InChI is InChI=1S/C24H30FN5O2S/c1-17-10-18(2)13-29(12-17)23-26-27-24(30(23)15-21-8-5-9-32-21)33-16-22(31)28(3)14-19-6-4-7-20(25)11-19/h4-9,11,17-18H,10,12-16H2,1-3H3. The van der Waals surface area contributed by atoms with E-state index in [1.807, 2.05) is 22.8 Å². The highest BCUT2D eigenvalue weighted by molar-refractivity contribution is 7.99. The Balaban J connectivity index is 1.47. The topological polar surface area (TPSA) is 67.4 Å². The first-order valence-electron chi connectivity index (χ1n) is 11.2. The molecule has 1 fully saturated rings. The Morgan fingerprint density at radius 3 is 2.70 bits per heavy atom. The number of hydrogen-bond donors (Lipinski definition) is 0. The molecule has 9 heteroatoms. The van der Waals surface area contributed by atoms with E-state index in [4.69, 9.17) is 4.42 Å². The summed E-state index contributed by atoms with van der Waals surface area (Å²) in [6, 6.07) is 10.1. The van der Waals surface area contributed by atoms with E-state index in [2.05, 4.69) is 28.9 Å². The van der Waals surface area contributed by atoms with Gasteiger partial charge in [-0.3, -0.25) is 9.36 Å². The van der Waals surface area contributed by atoms with Crippen LogP contribution in [-0.2, 0) is 17.9 Å². The lowest BCUT2D eigenvalue weighted by Gasteiger charge is -2.35. The van der Waals surface area contributed by atoms with Gasteiger partial charge < -0.3 is 14.2 Å². The molecule has 3 heterocycles. The zero-order valence-electron chi connectivity index (χ0n) is 19.3. The summed E-state index contributed by atoms with van der Waals surface area (Å²) in [7, 11) is 1.73. The second-order valence-electron chi connectivity index (χ2n) is 8.97. The van der Waals surface area contributed by atoms with E-state index in [0.29, 0.717) is 30.1 Å². The van der Waals surface area contributed by atoms with Gasteiger partial charge in [0.2, 0.25) is 11.9 Å². The van der Waals surface area contributed by atoms with E-state index in [-0.39, 0.29) is 17.5 Å². The molecule has 1 aliphatic heterocycles. The lowest BCUT2D eigenvalue weighted by atomic mass is 9.92. The average Bonchev–Trinajstić information content (AvgIpc) is 3.41. The highest BCUT2D eigenvalue weighted by atomic mass is 32.2. The number of anilines is 1. The minimum absolute atomic E-state index is 0.0569. The third kappa shape index (κ3) is 5.96. The lowest BCUT2D eigenvalue weighted by Crippen LogP contribution is -2.40. The molecule has 0 N–H and O–H groups in total. The number of aromatic nitrogens is 3. The van der Waals surface area contributed by atoms with Gasteiger partial charge in [-0.15, -0.1) is 10.2 Å². The fourth-order valence-electron chi connectivity index (χ4n) is 4.38. The minimum Gasteiger partial charge on any atom is -0.467 e. The summed E-state index contributed by atoms with van der Waals surface area (Å²) in [5.41, 5.74) is 0.757. The van der Waals surface area contributed by atoms with Crippen molar-refractivity contribution in [2.45, 2.75) is 38.5 Å². The van der Waals surface area contributed by atoms with Crippen LogP contribution >= 0.6 is 11.8 Å². The molecule has 1 aliphatic rings. The average molecular weight is 472 g/mol. The van der Waals surface area contributed by atoms with Gasteiger partial charge in [-0.05, 0) is 48.1 Å². The Morgan fingerprint density at radius 1 is 1.21 bits per heavy atom. The molecule has 1 aromatic carbocycles. The van der Waals surface area contributed by atoms with E-state index in [9.17, 15) is 9.18 Å². The van der Waals surface area contributed by atoms with Gasteiger partial charge in [0.25, 0.3) is 0 Å². The Labute approximate surface area is 198 Å². The smallest absolute Gasteiger partial charge is 0.233 e. The molecule has 4 rings (SSSR count). The molecule has 0 radical (unpaired) electrons. The molecule has 1 saturated heterocycles. The number of benzene rings is 1. The van der Waals surface area contributed by atoms with Crippen LogP contribution < -0.4 is 4.90 Å². The maximum Gasteiger partial charge on any atom is 0.233 e. The van der Waals surface area contributed by atoms with Crippen molar-refractivity contribution in [1.82, 2.24) is 19.7 Å². The van der Waals surface area contributed by atoms with E-state index in [0.717, 1.165) is 30.4 Å². The summed E-state index contributed by atoms with van der Waals surface area (Å²) >= 11 is 1.36. The summed E-state index contributed by atoms with van der Waals surface area (Å²) in [5.74, 6) is 2.64. The fourth-order valence-corrected chi connectivity index (χ4v) is 5.25. The molecule has 176 valence electrons. The van der Waals surface area contributed by atoms with Crippen molar-refractivity contribution in [3.05, 3.63) is 59.8 Å². The number of carbonyl (C=O) groups is 1. The first-order valence-corrected chi connectivity index (χ1v) is 12.2. The SMILES string of the molecule is CC1CC(C)CN(c2nnc(SCC(=O)N(C)Cc3cccc(F)c3)n2Cc2ccco2)C1. The van der Waals surface area contributed by atoms with Gasteiger partial charge in [0.05, 0.1) is 18.6 Å². The van der Waals surface area contributed by atoms with Crippen LogP contribution in [0.15, 0.2) is 52.2 Å². The van der Waals surface area contributed by atoms with Crippen molar-refractivity contribution in [3.8, 4) is 0 Å². The minimum atomic E-state index is -0.303. The normalized spacial score (nSPS) is 18.5. The van der Waals surface area contributed by atoms with Gasteiger partial charge in [-0.1, -0.05) is 37.7 Å². The monoisotopic (exact) mass is 471 g/mol. The van der Waals surface area contributed by atoms with E-state index in [1.54, 1.807) is 24.3 Å². The molecule has 0 aliphatic carbocycles. The largest absolute Gasteiger partial charge is 0.467 e. The number of thioether (sulfide) groups is 1. The van der Waals surface area contributed by atoms with Gasteiger partial charge in [-0.25, -0.2) is 4.39 Å². The van der Waals surface area contributed by atoms with E-state index in [1.165, 1.54) is 30.3 Å². The van der Waals surface area contributed by atoms with Crippen molar-refractivity contribution in [3.63, 3.8) is 0 Å². The maximum absolute atomic E-state index is 13.5. The molecule has 0 spiro atoms. The summed E-state index contributed by atoms with van der Waals surface area (Å²) in [6.45, 7) is 7.24. The third-order valence-corrected chi connectivity index (χ3v) is 6.75. The second kappa shape index (κ2) is 10.4. The molecular weight excluding hydrogens is 441 g/mol. The van der Waals surface area contributed by atoms with Crippen molar-refractivity contribution in [1.29, 1.82) is 0 Å². The molecule has 2 aromatic heterocycles. The van der Waals surface area contributed by atoms with Gasteiger partial charge in [-0.2, -0.15) is 0 Å². The third-order valence-electron chi connectivity index (χ3n) is 5.80. The van der Waals surface area contributed by atoms with Crippen molar-refractivity contribution in [2.24, 2.45) is 11.8 Å².